The lowest BCUT2D eigenvalue weighted by Crippen LogP contribution is -2.22. The minimum atomic E-state index is -0.120. The van der Waals surface area contributed by atoms with Gasteiger partial charge in [0.25, 0.3) is 5.56 Å². The zero-order valence-corrected chi connectivity index (χ0v) is 9.62. The Balaban J connectivity index is 1.96. The molecule has 1 fully saturated rings. The lowest BCUT2D eigenvalue weighted by molar-refractivity contribution is 0.108. The summed E-state index contributed by atoms with van der Waals surface area (Å²) >= 11 is 0. The molecule has 1 aromatic rings. The Kier molecular flexibility index (Phi) is 3.24. The molecule has 1 saturated heterocycles. The largest absolute Gasteiger partial charge is 0.378 e. The molecule has 2 heterocycles. The molecule has 88 valence electrons. The highest BCUT2D eigenvalue weighted by atomic mass is 16.5. The van der Waals surface area contributed by atoms with Crippen molar-refractivity contribution in [2.24, 2.45) is 5.92 Å². The molecule has 2 unspecified atom stereocenters. The number of nitrogens with one attached hydrogen (secondary N) is 2. The highest BCUT2D eigenvalue weighted by Gasteiger charge is 2.23. The van der Waals surface area contributed by atoms with E-state index in [9.17, 15) is 4.79 Å². The van der Waals surface area contributed by atoms with Gasteiger partial charge in [-0.2, -0.15) is 0 Å². The van der Waals surface area contributed by atoms with Gasteiger partial charge in [-0.05, 0) is 20.3 Å². The van der Waals surface area contributed by atoms with Crippen molar-refractivity contribution in [1.29, 1.82) is 0 Å². The van der Waals surface area contributed by atoms with Gasteiger partial charge in [-0.15, -0.1) is 0 Å². The van der Waals surface area contributed by atoms with E-state index in [1.54, 1.807) is 6.92 Å². The second-order valence-corrected chi connectivity index (χ2v) is 4.22. The van der Waals surface area contributed by atoms with Gasteiger partial charge in [-0.3, -0.25) is 4.79 Å². The number of H-pyrrole nitrogens is 1. The first-order valence-corrected chi connectivity index (χ1v) is 5.58. The molecule has 0 radical (unpaired) electrons. The number of aryl methyl sites for hydroxylation is 1. The van der Waals surface area contributed by atoms with Crippen LogP contribution < -0.4 is 10.9 Å². The first-order chi connectivity index (χ1) is 7.65. The number of aromatic amines is 1. The maximum Gasteiger partial charge on any atom is 0.252 e. The van der Waals surface area contributed by atoms with Crippen LogP contribution in [0.2, 0.25) is 0 Å². The lowest BCUT2D eigenvalue weighted by Gasteiger charge is -2.14. The molecule has 2 atom stereocenters. The lowest BCUT2D eigenvalue weighted by atomic mass is 10.0. The van der Waals surface area contributed by atoms with Crippen LogP contribution in [0.1, 0.15) is 19.2 Å². The van der Waals surface area contributed by atoms with Gasteiger partial charge in [0.2, 0.25) is 0 Å². The van der Waals surface area contributed by atoms with E-state index in [4.69, 9.17) is 4.74 Å². The normalized spacial score (nSPS) is 24.6. The van der Waals surface area contributed by atoms with Gasteiger partial charge >= 0.3 is 0 Å². The fourth-order valence-corrected chi connectivity index (χ4v) is 1.95. The van der Waals surface area contributed by atoms with Gasteiger partial charge < -0.3 is 15.0 Å². The highest BCUT2D eigenvalue weighted by molar-refractivity contribution is 5.32. The van der Waals surface area contributed by atoms with Gasteiger partial charge in [-0.1, -0.05) is 0 Å². The zero-order valence-electron chi connectivity index (χ0n) is 9.62. The Morgan fingerprint density at radius 3 is 3.12 bits per heavy atom. The molecule has 1 aliphatic heterocycles. The Morgan fingerprint density at radius 2 is 2.50 bits per heavy atom. The van der Waals surface area contributed by atoms with E-state index in [1.807, 2.05) is 0 Å². The summed E-state index contributed by atoms with van der Waals surface area (Å²) in [6.07, 6.45) is 1.35. The van der Waals surface area contributed by atoms with Gasteiger partial charge in [0, 0.05) is 25.1 Å². The number of ether oxygens (including phenoxy) is 1. The molecular weight excluding hydrogens is 206 g/mol. The van der Waals surface area contributed by atoms with Crippen LogP contribution in [0.3, 0.4) is 0 Å². The summed E-state index contributed by atoms with van der Waals surface area (Å²) in [6.45, 7) is 5.48. The third-order valence-corrected chi connectivity index (χ3v) is 2.94. The van der Waals surface area contributed by atoms with Crippen LogP contribution in [0.15, 0.2) is 10.9 Å². The maximum atomic E-state index is 11.2. The van der Waals surface area contributed by atoms with E-state index in [-0.39, 0.29) is 11.7 Å². The molecule has 2 rings (SSSR count). The molecule has 0 aromatic carbocycles. The van der Waals surface area contributed by atoms with Gasteiger partial charge in [0.15, 0.2) is 0 Å². The number of hydrogen-bond donors (Lipinski definition) is 2. The monoisotopic (exact) mass is 223 g/mol. The average molecular weight is 223 g/mol. The first kappa shape index (κ1) is 11.1. The number of anilines is 1. The van der Waals surface area contributed by atoms with Crippen molar-refractivity contribution in [1.82, 2.24) is 9.97 Å². The molecule has 5 heteroatoms. The summed E-state index contributed by atoms with van der Waals surface area (Å²) < 4.78 is 5.47. The smallest absolute Gasteiger partial charge is 0.252 e. The van der Waals surface area contributed by atoms with Crippen molar-refractivity contribution in [3.8, 4) is 0 Å². The fraction of sp³-hybridized carbons (Fsp3) is 0.636. The van der Waals surface area contributed by atoms with Crippen molar-refractivity contribution in [3.05, 3.63) is 22.2 Å². The summed E-state index contributed by atoms with van der Waals surface area (Å²) in [5.74, 6) is 1.77. The molecule has 0 saturated carbocycles. The van der Waals surface area contributed by atoms with Crippen LogP contribution >= 0.6 is 0 Å². The molecule has 1 aromatic heterocycles. The van der Waals surface area contributed by atoms with Gasteiger partial charge in [0.1, 0.15) is 11.6 Å². The fourth-order valence-electron chi connectivity index (χ4n) is 1.95. The number of rotatable bonds is 3. The minimum absolute atomic E-state index is 0.120. The average Bonchev–Trinajstić information content (AvgIpc) is 2.59. The Morgan fingerprint density at radius 1 is 1.69 bits per heavy atom. The standard InChI is InChI=1S/C11H17N3O2/c1-7-9(3-4-16-7)6-12-10-5-11(15)14-8(2)13-10/h5,7,9H,3-4,6H2,1-2H3,(H2,12,13,14,15). The van der Waals surface area contributed by atoms with E-state index in [2.05, 4.69) is 22.2 Å². The van der Waals surface area contributed by atoms with Gasteiger partial charge in [0.05, 0.1) is 6.10 Å². The molecule has 0 amide bonds. The van der Waals surface area contributed by atoms with Crippen LogP contribution in [-0.4, -0.2) is 29.2 Å². The van der Waals surface area contributed by atoms with Crippen LogP contribution in [0, 0.1) is 12.8 Å². The van der Waals surface area contributed by atoms with E-state index in [0.29, 0.717) is 17.6 Å². The zero-order chi connectivity index (χ0) is 11.5. The molecule has 2 N–H and O–H groups in total. The summed E-state index contributed by atoms with van der Waals surface area (Å²) in [4.78, 5) is 18.0. The van der Waals surface area contributed by atoms with Crippen molar-refractivity contribution < 1.29 is 4.74 Å². The Bertz CT molecular complexity index is 416. The third kappa shape index (κ3) is 2.61. The summed E-state index contributed by atoms with van der Waals surface area (Å²) in [7, 11) is 0. The van der Waals surface area contributed by atoms with E-state index in [0.717, 1.165) is 19.6 Å². The molecule has 0 spiro atoms. The Labute approximate surface area is 94.2 Å². The topological polar surface area (TPSA) is 67.0 Å². The van der Waals surface area contributed by atoms with Crippen LogP contribution in [-0.2, 0) is 4.74 Å². The predicted molar refractivity (Wildman–Crippen MR) is 61.6 cm³/mol. The minimum Gasteiger partial charge on any atom is -0.378 e. The van der Waals surface area contributed by atoms with E-state index < -0.39 is 0 Å². The quantitative estimate of drug-likeness (QED) is 0.799. The maximum absolute atomic E-state index is 11.2. The molecule has 1 aliphatic rings. The highest BCUT2D eigenvalue weighted by Crippen LogP contribution is 2.20. The first-order valence-electron chi connectivity index (χ1n) is 5.58. The molecular formula is C11H17N3O2. The van der Waals surface area contributed by atoms with E-state index in [1.165, 1.54) is 6.07 Å². The SMILES string of the molecule is Cc1nc(NCC2CCOC2C)cc(=O)[nH]1. The molecule has 5 nitrogen and oxygen atoms in total. The number of hydrogen-bond acceptors (Lipinski definition) is 4. The van der Waals surface area contributed by atoms with Crippen molar-refractivity contribution in [2.75, 3.05) is 18.5 Å². The summed E-state index contributed by atoms with van der Waals surface area (Å²) in [6, 6.07) is 1.48. The molecule has 0 aliphatic carbocycles. The second kappa shape index (κ2) is 4.65. The van der Waals surface area contributed by atoms with Crippen LogP contribution in [0.25, 0.3) is 0 Å². The molecule has 0 bridgehead atoms. The molecule has 16 heavy (non-hydrogen) atoms. The van der Waals surface area contributed by atoms with Crippen molar-refractivity contribution in [2.45, 2.75) is 26.4 Å². The van der Waals surface area contributed by atoms with Crippen molar-refractivity contribution >= 4 is 5.82 Å². The number of aromatic nitrogens is 2. The van der Waals surface area contributed by atoms with Crippen LogP contribution in [0.4, 0.5) is 5.82 Å². The summed E-state index contributed by atoms with van der Waals surface area (Å²) in [5, 5.41) is 3.19. The van der Waals surface area contributed by atoms with E-state index >= 15 is 0 Å². The predicted octanol–water partition coefficient (Wildman–Crippen LogP) is 0.915. The van der Waals surface area contributed by atoms with Gasteiger partial charge in [-0.25, -0.2) is 4.98 Å². The summed E-state index contributed by atoms with van der Waals surface area (Å²) in [5.41, 5.74) is -0.120. The third-order valence-electron chi connectivity index (χ3n) is 2.94. The van der Waals surface area contributed by atoms with Crippen LogP contribution in [0.5, 0.6) is 0 Å². The second-order valence-electron chi connectivity index (χ2n) is 4.22. The van der Waals surface area contributed by atoms with Crippen molar-refractivity contribution in [3.63, 3.8) is 0 Å². The number of nitrogens with zero attached hydrogens (tertiary/aromatic N) is 1. The Hall–Kier alpha value is -1.36.